The fraction of sp³-hybridized carbons (Fsp3) is 0.833. The average molecular weight is 372 g/mol. The van der Waals surface area contributed by atoms with Crippen LogP contribution in [0.2, 0.25) is 0 Å². The Bertz CT molecular complexity index is 466. The van der Waals surface area contributed by atoms with Crippen LogP contribution in [0.1, 0.15) is 0 Å². The van der Waals surface area contributed by atoms with Gasteiger partial charge < -0.3 is 45.1 Å². The van der Waals surface area contributed by atoms with Crippen molar-refractivity contribution < 1.29 is 68.1 Å². The number of ketones is 1. The zero-order valence-corrected chi connectivity index (χ0v) is 12.1. The highest BCUT2D eigenvalue weighted by Gasteiger charge is 2.40. The van der Waals surface area contributed by atoms with Crippen molar-refractivity contribution >= 4 is 21.4 Å². The highest BCUT2D eigenvalue weighted by molar-refractivity contribution is 7.46. The molecule has 0 heterocycles. The summed E-state index contributed by atoms with van der Waals surface area (Å²) in [6.07, 6.45) is -13.7. The van der Waals surface area contributed by atoms with Crippen molar-refractivity contribution in [2.75, 3.05) is 0 Å². The van der Waals surface area contributed by atoms with E-state index >= 15 is 0 Å². The van der Waals surface area contributed by atoms with Gasteiger partial charge in [0.1, 0.15) is 12.2 Å². The number of carbonyl (C=O) groups is 1. The van der Waals surface area contributed by atoms with Crippen LogP contribution in [0.4, 0.5) is 0 Å². The van der Waals surface area contributed by atoms with Crippen LogP contribution in [-0.4, -0.2) is 81.8 Å². The lowest BCUT2D eigenvalue weighted by Gasteiger charge is -2.25. The molecule has 14 nitrogen and oxygen atoms in total. The first kappa shape index (κ1) is 21.7. The number of phosphoric ester groups is 2. The van der Waals surface area contributed by atoms with Crippen LogP contribution in [0.3, 0.4) is 0 Å². The van der Waals surface area contributed by atoms with Crippen LogP contribution in [-0.2, 0) is 23.0 Å². The number of rotatable bonds is 9. The van der Waals surface area contributed by atoms with Gasteiger partial charge in [-0.15, -0.1) is 0 Å². The highest BCUT2D eigenvalue weighted by Crippen LogP contribution is 2.39. The zero-order valence-electron chi connectivity index (χ0n) is 10.3. The third kappa shape index (κ3) is 7.80. The molecule has 0 fully saturated rings. The van der Waals surface area contributed by atoms with Gasteiger partial charge in [-0.1, -0.05) is 0 Å². The molecule has 2 unspecified atom stereocenters. The minimum atomic E-state index is -5.30. The predicted molar refractivity (Wildman–Crippen MR) is 61.3 cm³/mol. The number of aliphatic hydroxyl groups excluding tert-OH is 5. The number of hydrogen-bond acceptors (Lipinski definition) is 10. The third-order valence-corrected chi connectivity index (χ3v) is 2.94. The molecular formula is C6H14O14P2. The van der Waals surface area contributed by atoms with E-state index in [0.29, 0.717) is 0 Å². The maximum absolute atomic E-state index is 11.4. The summed E-state index contributed by atoms with van der Waals surface area (Å²) in [6.45, 7) is 0. The molecule has 22 heavy (non-hydrogen) atoms. The van der Waals surface area contributed by atoms with Crippen molar-refractivity contribution in [3.8, 4) is 0 Å². The van der Waals surface area contributed by atoms with Crippen LogP contribution in [0.15, 0.2) is 0 Å². The molecule has 0 aromatic carbocycles. The van der Waals surface area contributed by atoms with Gasteiger partial charge >= 0.3 is 15.6 Å². The molecular weight excluding hydrogens is 358 g/mol. The molecule has 0 aromatic rings. The average Bonchev–Trinajstić information content (AvgIpc) is 2.30. The molecule has 0 bridgehead atoms. The Balaban J connectivity index is 4.83. The van der Waals surface area contributed by atoms with Gasteiger partial charge in [0.25, 0.3) is 0 Å². The van der Waals surface area contributed by atoms with E-state index in [0.717, 1.165) is 0 Å². The number of Topliss-reactive ketones (excluding diaryl/α,β-unsaturated/α-hetero) is 1. The van der Waals surface area contributed by atoms with Gasteiger partial charge in [-0.25, -0.2) is 9.13 Å². The van der Waals surface area contributed by atoms with Crippen LogP contribution < -0.4 is 0 Å². The molecule has 0 aliphatic rings. The van der Waals surface area contributed by atoms with E-state index in [4.69, 9.17) is 34.9 Å². The molecule has 0 rings (SSSR count). The molecule has 0 aliphatic carbocycles. The SMILES string of the molecule is O=C([C@@H](O)C(O)OP(=O)(O)O)[C@H](O)[C@H](O)C(O)OP(=O)(O)O. The Kier molecular flexibility index (Phi) is 7.87. The molecule has 0 amide bonds. The van der Waals surface area contributed by atoms with Crippen LogP contribution in [0.25, 0.3) is 0 Å². The Morgan fingerprint density at radius 2 is 1.09 bits per heavy atom. The highest BCUT2D eigenvalue weighted by atomic mass is 31.2. The summed E-state index contributed by atoms with van der Waals surface area (Å²) in [5, 5.41) is 45.6. The normalized spacial score (nSPS) is 20.0. The number of hydrogen-bond donors (Lipinski definition) is 9. The number of phosphoric acid groups is 2. The second kappa shape index (κ2) is 7.99. The summed E-state index contributed by atoms with van der Waals surface area (Å²) in [4.78, 5) is 44.7. The largest absolute Gasteiger partial charge is 0.472 e. The molecule has 0 saturated heterocycles. The lowest BCUT2D eigenvalue weighted by atomic mass is 10.0. The first-order valence-electron chi connectivity index (χ1n) is 5.07. The zero-order chi connectivity index (χ0) is 17.9. The van der Waals surface area contributed by atoms with E-state index in [-0.39, 0.29) is 0 Å². The van der Waals surface area contributed by atoms with Crippen molar-refractivity contribution in [2.24, 2.45) is 0 Å². The van der Waals surface area contributed by atoms with Gasteiger partial charge in [0.05, 0.1) is 0 Å². The first-order chi connectivity index (χ1) is 9.65. The van der Waals surface area contributed by atoms with Crippen molar-refractivity contribution in [2.45, 2.75) is 30.9 Å². The van der Waals surface area contributed by atoms with Gasteiger partial charge in [0.2, 0.25) is 0 Å². The van der Waals surface area contributed by atoms with E-state index in [1.165, 1.54) is 0 Å². The molecule has 9 N–H and O–H groups in total. The standard InChI is InChI=1S/C6H14O14P2/c7-1(3(9)5(11)19-21(13,14)15)2(8)4(10)6(12)20-22(16,17)18/h1,3-7,9-12H,(H2,13,14,15)(H2,16,17,18)/t1-,3-,4+,5?,6?/m0/s1. The fourth-order valence-corrected chi connectivity index (χ4v) is 1.84. The van der Waals surface area contributed by atoms with Gasteiger partial charge in [-0.3, -0.25) is 13.8 Å². The molecule has 5 atom stereocenters. The monoisotopic (exact) mass is 372 g/mol. The second-order valence-corrected chi connectivity index (χ2v) is 6.14. The summed E-state index contributed by atoms with van der Waals surface area (Å²) in [7, 11) is -10.6. The van der Waals surface area contributed by atoms with Gasteiger partial charge in [0.15, 0.2) is 24.5 Å². The number of aliphatic hydroxyl groups is 5. The van der Waals surface area contributed by atoms with Crippen LogP contribution >= 0.6 is 15.6 Å². The maximum atomic E-state index is 11.4. The van der Waals surface area contributed by atoms with Crippen molar-refractivity contribution in [3.63, 3.8) is 0 Å². The number of carbonyl (C=O) groups excluding carboxylic acids is 1. The van der Waals surface area contributed by atoms with Crippen molar-refractivity contribution in [3.05, 3.63) is 0 Å². The minimum Gasteiger partial charge on any atom is -0.385 e. The molecule has 132 valence electrons. The second-order valence-electron chi connectivity index (χ2n) is 3.76. The lowest BCUT2D eigenvalue weighted by molar-refractivity contribution is -0.181. The molecule has 16 heteroatoms. The van der Waals surface area contributed by atoms with Gasteiger partial charge in [-0.05, 0) is 0 Å². The van der Waals surface area contributed by atoms with E-state index in [2.05, 4.69) is 9.05 Å². The van der Waals surface area contributed by atoms with Crippen LogP contribution in [0.5, 0.6) is 0 Å². The summed E-state index contributed by atoms with van der Waals surface area (Å²) in [5.41, 5.74) is 0. The van der Waals surface area contributed by atoms with Gasteiger partial charge in [-0.2, -0.15) is 0 Å². The third-order valence-electron chi connectivity index (χ3n) is 1.96. The lowest BCUT2D eigenvalue weighted by Crippen LogP contribution is -2.50. The van der Waals surface area contributed by atoms with E-state index in [1.54, 1.807) is 0 Å². The van der Waals surface area contributed by atoms with E-state index in [9.17, 15) is 24.1 Å². The molecule has 0 aromatic heterocycles. The van der Waals surface area contributed by atoms with E-state index in [1.807, 2.05) is 0 Å². The topological polar surface area (TPSA) is 252 Å². The van der Waals surface area contributed by atoms with Crippen LogP contribution in [0, 0.1) is 0 Å². The Morgan fingerprint density at radius 1 is 0.727 bits per heavy atom. The molecule has 0 aliphatic heterocycles. The van der Waals surface area contributed by atoms with E-state index < -0.39 is 52.3 Å². The Labute approximate surface area is 121 Å². The maximum Gasteiger partial charge on any atom is 0.472 e. The van der Waals surface area contributed by atoms with Gasteiger partial charge in [0, 0.05) is 0 Å². The predicted octanol–water partition coefficient (Wildman–Crippen LogP) is -4.51. The summed E-state index contributed by atoms with van der Waals surface area (Å²) >= 11 is 0. The fourth-order valence-electron chi connectivity index (χ4n) is 1.04. The Morgan fingerprint density at radius 3 is 1.45 bits per heavy atom. The van der Waals surface area contributed by atoms with Crippen molar-refractivity contribution in [1.82, 2.24) is 0 Å². The quantitative estimate of drug-likeness (QED) is 0.137. The molecule has 0 radical (unpaired) electrons. The molecule has 0 spiro atoms. The summed E-state index contributed by atoms with van der Waals surface area (Å²) in [6, 6.07) is 0. The first-order valence-corrected chi connectivity index (χ1v) is 8.13. The minimum absolute atomic E-state index is 1.89. The summed E-state index contributed by atoms with van der Waals surface area (Å²) < 4.78 is 27.8. The molecule has 0 saturated carbocycles. The van der Waals surface area contributed by atoms with Crippen molar-refractivity contribution in [1.29, 1.82) is 0 Å². The Hall–Kier alpha value is -0.310. The summed E-state index contributed by atoms with van der Waals surface area (Å²) in [5.74, 6) is -1.89. The smallest absolute Gasteiger partial charge is 0.385 e.